The molecular weight excluding hydrogens is 349 g/mol. The molecule has 0 aliphatic rings. The van der Waals surface area contributed by atoms with Gasteiger partial charge in [0.2, 0.25) is 0 Å². The van der Waals surface area contributed by atoms with Gasteiger partial charge >= 0.3 is 0 Å². The average molecular weight is 352 g/mol. The van der Waals surface area contributed by atoms with Crippen molar-refractivity contribution in [1.82, 2.24) is 4.98 Å². The van der Waals surface area contributed by atoms with E-state index < -0.39 is 41.1 Å². The van der Waals surface area contributed by atoms with Crippen LogP contribution in [0.5, 0.6) is 0 Å². The normalized spacial score (nSPS) is 11.8. The van der Waals surface area contributed by atoms with Crippen molar-refractivity contribution in [2.45, 2.75) is 11.3 Å². The second-order valence-corrected chi connectivity index (χ2v) is 5.93. The second-order valence-electron chi connectivity index (χ2n) is 2.67. The molecule has 0 aliphatic heterocycles. The third-order valence-electron chi connectivity index (χ3n) is 1.67. The molecule has 17 heavy (non-hydrogen) atoms. The summed E-state index contributed by atoms with van der Waals surface area (Å²) in [4.78, 5) is 11.5. The predicted octanol–water partition coefficient (Wildman–Crippen LogP) is 2.62. The van der Waals surface area contributed by atoms with Gasteiger partial charge in [0.1, 0.15) is 21.3 Å². The lowest BCUT2D eigenvalue weighted by Crippen LogP contribution is -2.06. The Morgan fingerprint density at radius 1 is 1.53 bits per heavy atom. The number of hydrogen-bond acceptors (Lipinski definition) is 5. The molecule has 0 unspecified atom stereocenters. The molecule has 1 aromatic rings. The lowest BCUT2D eigenvalue weighted by molar-refractivity contribution is -0.386. The molecule has 0 aliphatic carbocycles. The molecule has 0 saturated carbocycles. The monoisotopic (exact) mass is 350 g/mol. The third-order valence-corrected chi connectivity index (χ3v) is 3.89. The van der Waals surface area contributed by atoms with E-state index in [1.165, 1.54) is 0 Å². The average Bonchev–Trinajstić information content (AvgIpc) is 2.14. The molecule has 11 heteroatoms. The van der Waals surface area contributed by atoms with Gasteiger partial charge in [-0.1, -0.05) is 0 Å². The molecule has 1 rings (SSSR count). The molecule has 0 bridgehead atoms. The van der Waals surface area contributed by atoms with Crippen LogP contribution in [0.15, 0.2) is 15.7 Å². The number of halogens is 4. The summed E-state index contributed by atoms with van der Waals surface area (Å²) in [6.07, 6.45) is -2.85. The van der Waals surface area contributed by atoms with Crippen LogP contribution in [-0.2, 0) is 9.05 Å². The third kappa shape index (κ3) is 2.87. The number of nitro groups is 1. The van der Waals surface area contributed by atoms with Crippen LogP contribution < -0.4 is 0 Å². The highest BCUT2D eigenvalue weighted by Gasteiger charge is 2.33. The van der Waals surface area contributed by atoms with Crippen molar-refractivity contribution in [2.24, 2.45) is 0 Å². The van der Waals surface area contributed by atoms with E-state index in [4.69, 9.17) is 10.7 Å². The van der Waals surface area contributed by atoms with E-state index in [1.807, 2.05) is 0 Å². The van der Waals surface area contributed by atoms with Crippen molar-refractivity contribution in [3.05, 3.63) is 26.5 Å². The number of alkyl halides is 2. The van der Waals surface area contributed by atoms with Crippen molar-refractivity contribution in [2.75, 3.05) is 0 Å². The summed E-state index contributed by atoms with van der Waals surface area (Å²) in [7, 11) is 0.349. The quantitative estimate of drug-likeness (QED) is 0.361. The lowest BCUT2D eigenvalue weighted by atomic mass is 10.2. The molecule has 6 nitrogen and oxygen atoms in total. The molecule has 0 N–H and O–H groups in total. The van der Waals surface area contributed by atoms with Gasteiger partial charge in [0, 0.05) is 10.7 Å². The van der Waals surface area contributed by atoms with Crippen molar-refractivity contribution < 1.29 is 22.1 Å². The summed E-state index contributed by atoms with van der Waals surface area (Å²) in [6.45, 7) is 0. The van der Waals surface area contributed by atoms with Crippen LogP contribution in [0.25, 0.3) is 0 Å². The first kappa shape index (κ1) is 14.2. The Hall–Kier alpha value is -0.870. The molecule has 94 valence electrons. The number of hydrogen-bond donors (Lipinski definition) is 0. The molecular formula is C6H2BrClF2N2O4S. The van der Waals surface area contributed by atoms with Crippen LogP contribution in [0, 0.1) is 10.1 Å². The summed E-state index contributed by atoms with van der Waals surface area (Å²) in [6, 6.07) is 0. The minimum absolute atomic E-state index is 0.506. The van der Waals surface area contributed by atoms with Gasteiger partial charge in [0.25, 0.3) is 21.2 Å². The van der Waals surface area contributed by atoms with E-state index in [0.29, 0.717) is 6.20 Å². The first-order chi connectivity index (χ1) is 7.66. The van der Waals surface area contributed by atoms with Crippen LogP contribution in [-0.4, -0.2) is 18.3 Å². The molecule has 1 heterocycles. The Morgan fingerprint density at radius 3 is 2.41 bits per heavy atom. The van der Waals surface area contributed by atoms with Crippen LogP contribution in [0.1, 0.15) is 12.0 Å². The zero-order valence-corrected chi connectivity index (χ0v) is 10.8. The number of aromatic nitrogens is 1. The smallest absolute Gasteiger partial charge is 0.258 e. The Bertz CT molecular complexity index is 580. The largest absolute Gasteiger partial charge is 0.297 e. The predicted molar refractivity (Wildman–Crippen MR) is 56.6 cm³/mol. The number of nitrogens with zero attached hydrogens (tertiary/aromatic N) is 2. The first-order valence-corrected chi connectivity index (χ1v) is 6.82. The van der Waals surface area contributed by atoms with Gasteiger partial charge in [-0.2, -0.15) is 0 Å². The van der Waals surface area contributed by atoms with Gasteiger partial charge in [-0.25, -0.2) is 22.2 Å². The van der Waals surface area contributed by atoms with Gasteiger partial charge in [-0.3, -0.25) is 10.1 Å². The van der Waals surface area contributed by atoms with E-state index in [-0.39, 0.29) is 0 Å². The molecule has 0 radical (unpaired) electrons. The van der Waals surface area contributed by atoms with Crippen molar-refractivity contribution in [3.63, 3.8) is 0 Å². The number of pyridine rings is 1. The van der Waals surface area contributed by atoms with Gasteiger partial charge in [0.15, 0.2) is 0 Å². The molecule has 1 aromatic heterocycles. The van der Waals surface area contributed by atoms with Crippen molar-refractivity contribution in [3.8, 4) is 0 Å². The van der Waals surface area contributed by atoms with Crippen molar-refractivity contribution >= 4 is 41.4 Å². The van der Waals surface area contributed by atoms with E-state index in [9.17, 15) is 27.3 Å². The highest BCUT2D eigenvalue weighted by molar-refractivity contribution is 9.10. The first-order valence-electron chi connectivity index (χ1n) is 3.72. The van der Waals surface area contributed by atoms with Gasteiger partial charge in [-0.05, 0) is 15.9 Å². The molecule has 0 aromatic carbocycles. The van der Waals surface area contributed by atoms with Crippen molar-refractivity contribution in [1.29, 1.82) is 0 Å². The summed E-state index contributed by atoms with van der Waals surface area (Å²) in [5.41, 5.74) is -2.39. The van der Waals surface area contributed by atoms with Gasteiger partial charge < -0.3 is 0 Å². The Morgan fingerprint density at radius 2 is 2.06 bits per heavy atom. The fourth-order valence-corrected chi connectivity index (χ4v) is 3.48. The van der Waals surface area contributed by atoms with E-state index in [1.54, 1.807) is 0 Å². The SMILES string of the molecule is O=[N+]([O-])c1cnc(Br)c(S(=O)(=O)Cl)c1C(F)F. The molecule has 0 saturated heterocycles. The highest BCUT2D eigenvalue weighted by atomic mass is 79.9. The number of rotatable bonds is 3. The van der Waals surface area contributed by atoms with Crippen LogP contribution >= 0.6 is 26.6 Å². The van der Waals surface area contributed by atoms with Crippen LogP contribution in [0.4, 0.5) is 14.5 Å². The molecule has 0 atom stereocenters. The fourth-order valence-electron chi connectivity index (χ4n) is 1.06. The summed E-state index contributed by atoms with van der Waals surface area (Å²) < 4.78 is 47.0. The van der Waals surface area contributed by atoms with Gasteiger partial charge in [-0.15, -0.1) is 0 Å². The second kappa shape index (κ2) is 4.78. The lowest BCUT2D eigenvalue weighted by Gasteiger charge is -2.07. The topological polar surface area (TPSA) is 90.2 Å². The maximum Gasteiger partial charge on any atom is 0.297 e. The maximum atomic E-state index is 12.7. The molecule has 0 fully saturated rings. The summed E-state index contributed by atoms with van der Waals surface area (Å²) in [5.74, 6) is 0. The summed E-state index contributed by atoms with van der Waals surface area (Å²) in [5, 5.41) is 10.5. The Kier molecular flexibility index (Phi) is 3.99. The highest BCUT2D eigenvalue weighted by Crippen LogP contribution is 2.38. The zero-order valence-electron chi connectivity index (χ0n) is 7.60. The summed E-state index contributed by atoms with van der Waals surface area (Å²) >= 11 is 2.60. The van der Waals surface area contributed by atoms with E-state index >= 15 is 0 Å². The van der Waals surface area contributed by atoms with Crippen LogP contribution in [0.2, 0.25) is 0 Å². The Balaban J connectivity index is 3.80. The minimum atomic E-state index is -4.59. The fraction of sp³-hybridized carbons (Fsp3) is 0.167. The molecule has 0 amide bonds. The minimum Gasteiger partial charge on any atom is -0.258 e. The van der Waals surface area contributed by atoms with E-state index in [2.05, 4.69) is 20.9 Å². The van der Waals surface area contributed by atoms with E-state index in [0.717, 1.165) is 0 Å². The van der Waals surface area contributed by atoms with Gasteiger partial charge in [0.05, 0.1) is 4.92 Å². The zero-order chi connectivity index (χ0) is 13.4. The van der Waals surface area contributed by atoms with Crippen LogP contribution in [0.3, 0.4) is 0 Å². The Labute approximate surface area is 106 Å². The molecule has 0 spiro atoms. The maximum absolute atomic E-state index is 12.7. The standard InChI is InChI=1S/C6H2BrClF2N2O4S/c7-5-4(17(8,15)16)3(6(9)10)2(1-11-5)12(13)14/h1,6H.